The molecule has 1 N–H and O–H groups in total. The van der Waals surface area contributed by atoms with E-state index in [0.29, 0.717) is 6.04 Å². The van der Waals surface area contributed by atoms with Crippen molar-refractivity contribution >= 4 is 5.91 Å². The molecular weight excluding hydrogens is 408 g/mol. The molecule has 0 spiro atoms. The molecule has 0 saturated carbocycles. The van der Waals surface area contributed by atoms with Gasteiger partial charge < -0.3 is 15.0 Å². The summed E-state index contributed by atoms with van der Waals surface area (Å²) in [5.74, 6) is 1.05. The zero-order valence-corrected chi connectivity index (χ0v) is 19.9. The lowest BCUT2D eigenvalue weighted by molar-refractivity contribution is 0.0576. The molecule has 0 aromatic heterocycles. The van der Waals surface area contributed by atoms with Gasteiger partial charge in [-0.25, -0.2) is 0 Å². The Morgan fingerprint density at radius 2 is 1.70 bits per heavy atom. The summed E-state index contributed by atoms with van der Waals surface area (Å²) in [5.41, 5.74) is 5.49. The highest BCUT2D eigenvalue weighted by Gasteiger charge is 2.32. The van der Waals surface area contributed by atoms with E-state index in [1.54, 1.807) is 7.11 Å². The number of carbonyl (C=O) groups excluding carboxylic acids is 1. The number of para-hydroxylation sites is 1. The number of nitrogens with zero attached hydrogens (tertiary/aromatic N) is 1. The predicted molar refractivity (Wildman–Crippen MR) is 134 cm³/mol. The molecule has 1 amide bonds. The third kappa shape index (κ3) is 5.82. The first-order valence-corrected chi connectivity index (χ1v) is 11.8. The molecule has 33 heavy (non-hydrogen) atoms. The number of rotatable bonds is 7. The van der Waals surface area contributed by atoms with Gasteiger partial charge in [0.05, 0.1) is 7.11 Å². The fourth-order valence-electron chi connectivity index (χ4n) is 4.95. The number of aryl methyl sites for hydroxylation is 2. The first-order chi connectivity index (χ1) is 16.0. The first kappa shape index (κ1) is 23.1. The van der Waals surface area contributed by atoms with Gasteiger partial charge >= 0.3 is 0 Å². The average Bonchev–Trinajstić information content (AvgIpc) is 2.82. The molecule has 3 aromatic rings. The van der Waals surface area contributed by atoms with Crippen LogP contribution >= 0.6 is 0 Å². The first-order valence-electron chi connectivity index (χ1n) is 11.8. The van der Waals surface area contributed by atoms with Crippen molar-refractivity contribution in [2.24, 2.45) is 0 Å². The van der Waals surface area contributed by atoms with Gasteiger partial charge in [0.2, 0.25) is 0 Å². The molecule has 1 saturated heterocycles. The van der Waals surface area contributed by atoms with Crippen molar-refractivity contribution in [3.8, 4) is 5.75 Å². The van der Waals surface area contributed by atoms with Crippen molar-refractivity contribution in [1.82, 2.24) is 10.2 Å². The van der Waals surface area contributed by atoms with Crippen molar-refractivity contribution in [3.05, 3.63) is 101 Å². The number of ether oxygens (including phenoxy) is 1. The molecule has 4 rings (SSSR count). The molecule has 4 nitrogen and oxygen atoms in total. The number of amides is 1. The summed E-state index contributed by atoms with van der Waals surface area (Å²) in [6, 6.07) is 25.3. The van der Waals surface area contributed by atoms with Crippen LogP contribution in [0.1, 0.15) is 45.5 Å². The number of benzene rings is 3. The fourth-order valence-corrected chi connectivity index (χ4v) is 4.95. The molecule has 2 atom stereocenters. The van der Waals surface area contributed by atoms with Crippen LogP contribution in [-0.4, -0.2) is 36.5 Å². The summed E-state index contributed by atoms with van der Waals surface area (Å²) in [4.78, 5) is 15.7. The zero-order chi connectivity index (χ0) is 23.2. The van der Waals surface area contributed by atoms with E-state index < -0.39 is 0 Å². The van der Waals surface area contributed by atoms with Crippen LogP contribution in [0.5, 0.6) is 5.75 Å². The monoisotopic (exact) mass is 442 g/mol. The Morgan fingerprint density at radius 1 is 1.00 bits per heavy atom. The second-order valence-electron chi connectivity index (χ2n) is 9.13. The van der Waals surface area contributed by atoms with E-state index in [2.05, 4.69) is 60.5 Å². The van der Waals surface area contributed by atoms with Crippen LogP contribution < -0.4 is 10.1 Å². The quantitative estimate of drug-likeness (QED) is 0.539. The minimum absolute atomic E-state index is 0.144. The SMILES string of the molecule is COc1ccccc1CN[C@H]1CCN(C(=O)c2cc(C)cc(C)c2)[C@@H](Cc2ccccc2)C1. The van der Waals surface area contributed by atoms with Crippen molar-refractivity contribution < 1.29 is 9.53 Å². The van der Waals surface area contributed by atoms with E-state index in [-0.39, 0.29) is 11.9 Å². The highest BCUT2D eigenvalue weighted by Crippen LogP contribution is 2.25. The van der Waals surface area contributed by atoms with Crippen LogP contribution in [0.25, 0.3) is 0 Å². The van der Waals surface area contributed by atoms with Crippen LogP contribution in [0.2, 0.25) is 0 Å². The Labute approximate surface area is 197 Å². The van der Waals surface area contributed by atoms with E-state index in [1.807, 2.05) is 36.4 Å². The number of carbonyl (C=O) groups is 1. The van der Waals surface area contributed by atoms with E-state index in [1.165, 1.54) is 5.56 Å². The molecular formula is C29H34N2O2. The molecule has 1 fully saturated rings. The minimum Gasteiger partial charge on any atom is -0.496 e. The molecule has 1 heterocycles. The van der Waals surface area contributed by atoms with Gasteiger partial charge in [-0.15, -0.1) is 0 Å². The number of methoxy groups -OCH3 is 1. The molecule has 4 heteroatoms. The molecule has 0 bridgehead atoms. The summed E-state index contributed by atoms with van der Waals surface area (Å²) in [6.07, 6.45) is 2.74. The Kier molecular flexibility index (Phi) is 7.46. The van der Waals surface area contributed by atoms with E-state index in [9.17, 15) is 4.79 Å². The lowest BCUT2D eigenvalue weighted by Crippen LogP contribution is -2.51. The van der Waals surface area contributed by atoms with Crippen molar-refractivity contribution in [2.45, 2.75) is 51.7 Å². The van der Waals surface area contributed by atoms with Crippen LogP contribution in [-0.2, 0) is 13.0 Å². The number of likely N-dealkylation sites (tertiary alicyclic amines) is 1. The summed E-state index contributed by atoms with van der Waals surface area (Å²) in [5, 5.41) is 3.73. The average molecular weight is 443 g/mol. The van der Waals surface area contributed by atoms with E-state index in [0.717, 1.165) is 60.4 Å². The molecule has 1 aliphatic rings. The van der Waals surface area contributed by atoms with Crippen molar-refractivity contribution in [2.75, 3.05) is 13.7 Å². The van der Waals surface area contributed by atoms with Crippen LogP contribution in [0.4, 0.5) is 0 Å². The molecule has 0 aliphatic carbocycles. The highest BCUT2D eigenvalue weighted by molar-refractivity contribution is 5.95. The molecule has 172 valence electrons. The van der Waals surface area contributed by atoms with Crippen LogP contribution in [0.3, 0.4) is 0 Å². The van der Waals surface area contributed by atoms with Crippen molar-refractivity contribution in [1.29, 1.82) is 0 Å². The van der Waals surface area contributed by atoms with Gasteiger partial charge in [-0.05, 0) is 56.9 Å². The lowest BCUT2D eigenvalue weighted by atomic mass is 9.91. The zero-order valence-electron chi connectivity index (χ0n) is 19.9. The lowest BCUT2D eigenvalue weighted by Gasteiger charge is -2.40. The Balaban J connectivity index is 1.51. The predicted octanol–water partition coefficient (Wildman–Crippen LogP) is 5.32. The summed E-state index contributed by atoms with van der Waals surface area (Å²) in [6.45, 7) is 5.63. The second kappa shape index (κ2) is 10.7. The van der Waals surface area contributed by atoms with Gasteiger partial charge in [-0.2, -0.15) is 0 Å². The van der Waals surface area contributed by atoms with Gasteiger partial charge in [0.1, 0.15) is 5.75 Å². The molecule has 1 aliphatic heterocycles. The maximum Gasteiger partial charge on any atom is 0.254 e. The fraction of sp³-hybridized carbons (Fsp3) is 0.345. The van der Waals surface area contributed by atoms with E-state index >= 15 is 0 Å². The van der Waals surface area contributed by atoms with Crippen LogP contribution in [0.15, 0.2) is 72.8 Å². The third-order valence-electron chi connectivity index (χ3n) is 6.53. The maximum absolute atomic E-state index is 13.6. The van der Waals surface area contributed by atoms with E-state index in [4.69, 9.17) is 4.74 Å². The Morgan fingerprint density at radius 3 is 2.42 bits per heavy atom. The summed E-state index contributed by atoms with van der Waals surface area (Å²) < 4.78 is 5.51. The molecule has 0 radical (unpaired) electrons. The smallest absolute Gasteiger partial charge is 0.254 e. The summed E-state index contributed by atoms with van der Waals surface area (Å²) in [7, 11) is 1.71. The number of nitrogens with one attached hydrogen (secondary N) is 1. The largest absolute Gasteiger partial charge is 0.496 e. The number of piperidine rings is 1. The topological polar surface area (TPSA) is 41.6 Å². The highest BCUT2D eigenvalue weighted by atomic mass is 16.5. The van der Waals surface area contributed by atoms with Gasteiger partial charge in [0, 0.05) is 36.3 Å². The second-order valence-corrected chi connectivity index (χ2v) is 9.13. The molecule has 0 unspecified atom stereocenters. The third-order valence-corrected chi connectivity index (χ3v) is 6.53. The van der Waals surface area contributed by atoms with Gasteiger partial charge in [0.15, 0.2) is 0 Å². The van der Waals surface area contributed by atoms with Gasteiger partial charge in [-0.3, -0.25) is 4.79 Å². The Hall–Kier alpha value is -3.11. The van der Waals surface area contributed by atoms with Crippen LogP contribution in [0, 0.1) is 13.8 Å². The normalized spacial score (nSPS) is 18.2. The molecule has 3 aromatic carbocycles. The standard InChI is InChI=1S/C29H34N2O2/c1-21-15-22(2)17-25(16-21)29(32)31-14-13-26(19-27(31)18-23-9-5-4-6-10-23)30-20-24-11-7-8-12-28(24)33-3/h4-12,15-17,26-27,30H,13-14,18-20H2,1-3H3/t26-,27-/m0/s1. The maximum atomic E-state index is 13.6. The Bertz CT molecular complexity index is 1060. The number of hydrogen-bond acceptors (Lipinski definition) is 3. The number of hydrogen-bond donors (Lipinski definition) is 1. The van der Waals surface area contributed by atoms with Crippen molar-refractivity contribution in [3.63, 3.8) is 0 Å². The van der Waals surface area contributed by atoms with Gasteiger partial charge in [-0.1, -0.05) is 65.7 Å². The minimum atomic E-state index is 0.144. The summed E-state index contributed by atoms with van der Waals surface area (Å²) >= 11 is 0. The van der Waals surface area contributed by atoms with Gasteiger partial charge in [0.25, 0.3) is 5.91 Å².